The highest BCUT2D eigenvalue weighted by atomic mass is 35.5. The van der Waals surface area contributed by atoms with E-state index >= 15 is 0 Å². The van der Waals surface area contributed by atoms with Crippen molar-refractivity contribution in [3.8, 4) is 11.4 Å². The fraction of sp³-hybridized carbons (Fsp3) is 0.154. The summed E-state index contributed by atoms with van der Waals surface area (Å²) in [6.45, 7) is 2.96. The Kier molecular flexibility index (Phi) is 2.72. The van der Waals surface area contributed by atoms with Gasteiger partial charge in [0, 0.05) is 24.3 Å². The molecule has 3 heterocycles. The van der Waals surface area contributed by atoms with Crippen LogP contribution in [0.4, 0.5) is 0 Å². The van der Waals surface area contributed by atoms with Crippen molar-refractivity contribution in [1.82, 2.24) is 19.5 Å². The molecule has 0 aliphatic heterocycles. The van der Waals surface area contributed by atoms with Crippen molar-refractivity contribution >= 4 is 22.6 Å². The number of halogens is 1. The molecule has 3 aromatic heterocycles. The van der Waals surface area contributed by atoms with Gasteiger partial charge in [0.2, 0.25) is 0 Å². The van der Waals surface area contributed by atoms with Crippen LogP contribution in [0.25, 0.3) is 22.4 Å². The van der Waals surface area contributed by atoms with Gasteiger partial charge in [0.15, 0.2) is 5.65 Å². The van der Waals surface area contributed by atoms with E-state index in [-0.39, 0.29) is 0 Å². The van der Waals surface area contributed by atoms with Gasteiger partial charge in [-0.3, -0.25) is 0 Å². The Morgan fingerprint density at radius 2 is 2.06 bits per heavy atom. The Hall–Kier alpha value is -1.94. The highest BCUT2D eigenvalue weighted by molar-refractivity contribution is 6.35. The Morgan fingerprint density at radius 3 is 2.83 bits per heavy atom. The largest absolute Gasteiger partial charge is 0.337 e. The van der Waals surface area contributed by atoms with Gasteiger partial charge < -0.3 is 4.57 Å². The van der Waals surface area contributed by atoms with E-state index in [9.17, 15) is 0 Å². The molecule has 0 atom stereocenters. The van der Waals surface area contributed by atoms with Crippen LogP contribution in [0, 0.1) is 0 Å². The van der Waals surface area contributed by atoms with Gasteiger partial charge in [0.1, 0.15) is 5.69 Å². The van der Waals surface area contributed by atoms with Crippen molar-refractivity contribution in [3.63, 3.8) is 0 Å². The molecule has 0 bridgehead atoms. The number of fused-ring (bicyclic) bond motifs is 1. The third kappa shape index (κ3) is 1.84. The first-order valence-electron chi connectivity index (χ1n) is 5.71. The van der Waals surface area contributed by atoms with E-state index in [4.69, 9.17) is 11.6 Å². The molecule has 3 aromatic rings. The lowest BCUT2D eigenvalue weighted by atomic mass is 10.2. The second-order valence-corrected chi connectivity index (χ2v) is 4.36. The van der Waals surface area contributed by atoms with Crippen LogP contribution in [0.5, 0.6) is 0 Å². The Morgan fingerprint density at radius 1 is 1.17 bits per heavy atom. The fourth-order valence-electron chi connectivity index (χ4n) is 1.80. The van der Waals surface area contributed by atoms with Crippen LogP contribution < -0.4 is 0 Å². The molecule has 4 nitrogen and oxygen atoms in total. The van der Waals surface area contributed by atoms with E-state index < -0.39 is 0 Å². The zero-order chi connectivity index (χ0) is 12.5. The minimum Gasteiger partial charge on any atom is -0.337 e. The first-order valence-corrected chi connectivity index (χ1v) is 6.09. The Bertz CT molecular complexity index is 705. The number of hydrogen-bond donors (Lipinski definition) is 0. The normalized spacial score (nSPS) is 11.0. The van der Waals surface area contributed by atoms with Crippen LogP contribution in [0.2, 0.25) is 5.02 Å². The summed E-state index contributed by atoms with van der Waals surface area (Å²) in [6, 6.07) is 5.60. The summed E-state index contributed by atoms with van der Waals surface area (Å²) < 4.78 is 2.01. The van der Waals surface area contributed by atoms with Crippen LogP contribution in [0.1, 0.15) is 6.92 Å². The Labute approximate surface area is 109 Å². The molecule has 3 rings (SSSR count). The van der Waals surface area contributed by atoms with Crippen LogP contribution in [0.3, 0.4) is 0 Å². The summed E-state index contributed by atoms with van der Waals surface area (Å²) in [5, 5.41) is 1.52. The quantitative estimate of drug-likeness (QED) is 0.709. The number of rotatable bonds is 2. The summed E-state index contributed by atoms with van der Waals surface area (Å²) in [6.07, 6.45) is 5.43. The standard InChI is InChI=1S/C13H11ClN4/c1-2-18-7-12(16-8-18)11-4-3-9-10(14)5-6-15-13(9)17-11/h3-8H,2H2,1H3. The van der Waals surface area contributed by atoms with Gasteiger partial charge in [-0.15, -0.1) is 0 Å². The maximum Gasteiger partial charge on any atom is 0.161 e. The number of aryl methyl sites for hydroxylation is 1. The Balaban J connectivity index is 2.13. The smallest absolute Gasteiger partial charge is 0.161 e. The first-order chi connectivity index (χ1) is 8.78. The molecule has 0 N–H and O–H groups in total. The second kappa shape index (κ2) is 4.38. The van der Waals surface area contributed by atoms with Crippen molar-refractivity contribution in [2.24, 2.45) is 0 Å². The third-order valence-electron chi connectivity index (χ3n) is 2.81. The van der Waals surface area contributed by atoms with Gasteiger partial charge in [-0.05, 0) is 25.1 Å². The topological polar surface area (TPSA) is 43.6 Å². The number of pyridine rings is 2. The third-order valence-corrected chi connectivity index (χ3v) is 3.14. The molecule has 0 amide bonds. The molecular weight excluding hydrogens is 248 g/mol. The monoisotopic (exact) mass is 258 g/mol. The summed E-state index contributed by atoms with van der Waals surface area (Å²) in [7, 11) is 0. The summed E-state index contributed by atoms with van der Waals surface area (Å²) in [5.74, 6) is 0. The first kappa shape index (κ1) is 11.2. The highest BCUT2D eigenvalue weighted by Gasteiger charge is 2.06. The average molecular weight is 259 g/mol. The SMILES string of the molecule is CCn1cnc(-c2ccc3c(Cl)ccnc3n2)c1. The second-order valence-electron chi connectivity index (χ2n) is 3.95. The van der Waals surface area contributed by atoms with Crippen LogP contribution in [-0.2, 0) is 6.54 Å². The fourth-order valence-corrected chi connectivity index (χ4v) is 2.01. The predicted molar refractivity (Wildman–Crippen MR) is 71.4 cm³/mol. The average Bonchev–Trinajstić information content (AvgIpc) is 2.87. The number of nitrogens with zero attached hydrogens (tertiary/aromatic N) is 4. The van der Waals surface area contributed by atoms with E-state index in [2.05, 4.69) is 21.9 Å². The van der Waals surface area contributed by atoms with E-state index in [1.165, 1.54) is 0 Å². The molecule has 0 aliphatic rings. The number of imidazole rings is 1. The van der Waals surface area contributed by atoms with Crippen molar-refractivity contribution in [2.75, 3.05) is 0 Å². The summed E-state index contributed by atoms with van der Waals surface area (Å²) in [4.78, 5) is 13.0. The van der Waals surface area contributed by atoms with Gasteiger partial charge in [-0.1, -0.05) is 11.6 Å². The highest BCUT2D eigenvalue weighted by Crippen LogP contribution is 2.23. The van der Waals surface area contributed by atoms with Crippen molar-refractivity contribution in [3.05, 3.63) is 41.9 Å². The minimum atomic E-state index is 0.644. The van der Waals surface area contributed by atoms with E-state index in [1.807, 2.05) is 22.9 Å². The van der Waals surface area contributed by atoms with Gasteiger partial charge in [-0.2, -0.15) is 0 Å². The molecule has 0 radical (unpaired) electrons. The van der Waals surface area contributed by atoms with Crippen LogP contribution >= 0.6 is 11.6 Å². The van der Waals surface area contributed by atoms with E-state index in [0.717, 1.165) is 23.3 Å². The molecule has 5 heteroatoms. The molecule has 0 aromatic carbocycles. The maximum absolute atomic E-state index is 6.08. The molecule has 0 saturated heterocycles. The van der Waals surface area contributed by atoms with Crippen molar-refractivity contribution in [1.29, 1.82) is 0 Å². The van der Waals surface area contributed by atoms with E-state index in [0.29, 0.717) is 10.7 Å². The molecule has 90 valence electrons. The molecule has 18 heavy (non-hydrogen) atoms. The lowest BCUT2D eigenvalue weighted by Gasteiger charge is -2.01. The summed E-state index contributed by atoms with van der Waals surface area (Å²) >= 11 is 6.08. The lowest BCUT2D eigenvalue weighted by Crippen LogP contribution is -1.89. The molecule has 0 aliphatic carbocycles. The van der Waals surface area contributed by atoms with Gasteiger partial charge in [0.05, 0.1) is 17.0 Å². The van der Waals surface area contributed by atoms with Gasteiger partial charge in [0.25, 0.3) is 0 Å². The van der Waals surface area contributed by atoms with Crippen LogP contribution in [0.15, 0.2) is 36.9 Å². The van der Waals surface area contributed by atoms with Crippen molar-refractivity contribution < 1.29 is 0 Å². The van der Waals surface area contributed by atoms with Gasteiger partial charge >= 0.3 is 0 Å². The molecule has 0 unspecified atom stereocenters. The molecule has 0 saturated carbocycles. The van der Waals surface area contributed by atoms with Gasteiger partial charge in [-0.25, -0.2) is 15.0 Å². The van der Waals surface area contributed by atoms with Crippen LogP contribution in [-0.4, -0.2) is 19.5 Å². The number of aromatic nitrogens is 4. The zero-order valence-corrected chi connectivity index (χ0v) is 10.6. The molecule has 0 fully saturated rings. The van der Waals surface area contributed by atoms with E-state index in [1.54, 1.807) is 18.6 Å². The molecule has 0 spiro atoms. The summed E-state index contributed by atoms with van der Waals surface area (Å²) in [5.41, 5.74) is 2.30. The van der Waals surface area contributed by atoms with Crippen molar-refractivity contribution in [2.45, 2.75) is 13.5 Å². The number of hydrogen-bond acceptors (Lipinski definition) is 3. The zero-order valence-electron chi connectivity index (χ0n) is 9.84. The predicted octanol–water partition coefficient (Wildman–Crippen LogP) is 3.17. The minimum absolute atomic E-state index is 0.644. The lowest BCUT2D eigenvalue weighted by molar-refractivity contribution is 0.762. The maximum atomic E-state index is 6.08. The molecular formula is C13H11ClN4.